The number of aromatic nitrogens is 3. The second-order valence-electron chi connectivity index (χ2n) is 4.66. The molecule has 0 atom stereocenters. The van der Waals surface area contributed by atoms with Crippen LogP contribution in [0.15, 0.2) is 24.3 Å². The lowest BCUT2D eigenvalue weighted by molar-refractivity contribution is 0.733. The summed E-state index contributed by atoms with van der Waals surface area (Å²) in [6.45, 7) is 4.86. The number of benzene rings is 1. The summed E-state index contributed by atoms with van der Waals surface area (Å²) in [5.41, 5.74) is 2.10. The third-order valence-corrected chi connectivity index (χ3v) is 3.43. The summed E-state index contributed by atoms with van der Waals surface area (Å²) in [6, 6.07) is 8.11. The molecule has 5 heteroatoms. The highest BCUT2D eigenvalue weighted by molar-refractivity contribution is 7.80. The summed E-state index contributed by atoms with van der Waals surface area (Å²) >= 11 is 5.40. The molecule has 0 amide bonds. The fourth-order valence-electron chi connectivity index (χ4n) is 2.20. The molecule has 0 spiro atoms. The van der Waals surface area contributed by atoms with Crippen LogP contribution in [0.25, 0.3) is 5.69 Å². The summed E-state index contributed by atoms with van der Waals surface area (Å²) < 4.78 is 2.12. The SMILES string of the molecule is CC(C)c1nnc2n1-c1ccccc1C(=S)NC2. The molecule has 3 rings (SSSR count). The van der Waals surface area contributed by atoms with Crippen LogP contribution in [-0.4, -0.2) is 19.8 Å². The van der Waals surface area contributed by atoms with Gasteiger partial charge in [0.15, 0.2) is 5.82 Å². The normalized spacial score (nSPS) is 13.8. The maximum Gasteiger partial charge on any atom is 0.157 e. The maximum absolute atomic E-state index is 5.40. The van der Waals surface area contributed by atoms with Crippen LogP contribution in [0.4, 0.5) is 0 Å². The Hall–Kier alpha value is -1.75. The van der Waals surface area contributed by atoms with E-state index in [0.29, 0.717) is 12.5 Å². The van der Waals surface area contributed by atoms with Crippen molar-refractivity contribution in [1.29, 1.82) is 0 Å². The quantitative estimate of drug-likeness (QED) is 0.796. The number of fused-ring (bicyclic) bond motifs is 3. The monoisotopic (exact) mass is 258 g/mol. The van der Waals surface area contributed by atoms with Crippen LogP contribution >= 0.6 is 12.2 Å². The van der Waals surface area contributed by atoms with E-state index in [1.54, 1.807) is 0 Å². The number of nitrogens with zero attached hydrogens (tertiary/aromatic N) is 3. The molecule has 92 valence electrons. The van der Waals surface area contributed by atoms with Crippen molar-refractivity contribution in [2.75, 3.05) is 0 Å². The first-order valence-electron chi connectivity index (χ1n) is 6.00. The van der Waals surface area contributed by atoms with E-state index >= 15 is 0 Å². The van der Waals surface area contributed by atoms with E-state index in [2.05, 4.69) is 40.0 Å². The van der Waals surface area contributed by atoms with Gasteiger partial charge < -0.3 is 5.32 Å². The van der Waals surface area contributed by atoms with Crippen LogP contribution in [0, 0.1) is 0 Å². The minimum Gasteiger partial charge on any atom is -0.368 e. The molecule has 18 heavy (non-hydrogen) atoms. The Kier molecular flexibility index (Phi) is 2.63. The van der Waals surface area contributed by atoms with Crippen molar-refractivity contribution < 1.29 is 0 Å². The van der Waals surface area contributed by atoms with Gasteiger partial charge in [0, 0.05) is 11.5 Å². The minimum atomic E-state index is 0.325. The Morgan fingerprint density at radius 2 is 2.06 bits per heavy atom. The van der Waals surface area contributed by atoms with E-state index in [1.165, 1.54) is 0 Å². The lowest BCUT2D eigenvalue weighted by Crippen LogP contribution is -2.20. The molecule has 0 saturated carbocycles. The topological polar surface area (TPSA) is 42.7 Å². The highest BCUT2D eigenvalue weighted by atomic mass is 32.1. The standard InChI is InChI=1S/C13H14N4S/c1-8(2)12-16-15-11-7-14-13(18)9-5-3-4-6-10(9)17(11)12/h3-6,8H,7H2,1-2H3,(H,14,18). The van der Waals surface area contributed by atoms with Gasteiger partial charge >= 0.3 is 0 Å². The molecule has 1 aliphatic heterocycles. The van der Waals surface area contributed by atoms with Crippen LogP contribution in [0.2, 0.25) is 0 Å². The summed E-state index contributed by atoms with van der Waals surface area (Å²) in [5, 5.41) is 11.8. The number of hydrogen-bond acceptors (Lipinski definition) is 3. The predicted octanol–water partition coefficient (Wildman–Crippen LogP) is 2.17. The van der Waals surface area contributed by atoms with Gasteiger partial charge in [0.2, 0.25) is 0 Å². The average Bonchev–Trinajstić information content (AvgIpc) is 2.74. The fraction of sp³-hybridized carbons (Fsp3) is 0.308. The molecule has 2 heterocycles. The van der Waals surface area contributed by atoms with Crippen molar-refractivity contribution in [3.8, 4) is 5.69 Å². The molecule has 1 aromatic heterocycles. The van der Waals surface area contributed by atoms with E-state index < -0.39 is 0 Å². The minimum absolute atomic E-state index is 0.325. The van der Waals surface area contributed by atoms with Crippen molar-refractivity contribution >= 4 is 17.2 Å². The van der Waals surface area contributed by atoms with Gasteiger partial charge in [0.1, 0.15) is 10.8 Å². The highest BCUT2D eigenvalue weighted by Crippen LogP contribution is 2.24. The summed E-state index contributed by atoms with van der Waals surface area (Å²) in [6.07, 6.45) is 0. The molecular weight excluding hydrogens is 244 g/mol. The van der Waals surface area contributed by atoms with E-state index in [0.717, 1.165) is 27.9 Å². The highest BCUT2D eigenvalue weighted by Gasteiger charge is 2.22. The Morgan fingerprint density at radius 1 is 1.28 bits per heavy atom. The lowest BCUT2D eigenvalue weighted by atomic mass is 10.1. The molecule has 1 aromatic carbocycles. The van der Waals surface area contributed by atoms with Crippen LogP contribution in [-0.2, 0) is 6.54 Å². The van der Waals surface area contributed by atoms with Gasteiger partial charge in [-0.2, -0.15) is 0 Å². The van der Waals surface area contributed by atoms with Gasteiger partial charge in [-0.1, -0.05) is 38.2 Å². The molecule has 1 N–H and O–H groups in total. The van der Waals surface area contributed by atoms with Crippen molar-refractivity contribution in [1.82, 2.24) is 20.1 Å². The molecule has 2 aromatic rings. The van der Waals surface area contributed by atoms with E-state index in [-0.39, 0.29) is 0 Å². The van der Waals surface area contributed by atoms with Crippen molar-refractivity contribution in [2.24, 2.45) is 0 Å². The maximum atomic E-state index is 5.40. The third-order valence-electron chi connectivity index (χ3n) is 3.07. The Balaban J connectivity index is 2.31. The molecule has 0 fully saturated rings. The Labute approximate surface area is 111 Å². The molecule has 1 aliphatic rings. The second-order valence-corrected chi connectivity index (χ2v) is 5.07. The zero-order chi connectivity index (χ0) is 12.7. The fourth-order valence-corrected chi connectivity index (χ4v) is 2.44. The van der Waals surface area contributed by atoms with E-state index in [4.69, 9.17) is 12.2 Å². The first-order chi connectivity index (χ1) is 8.68. The molecule has 0 aliphatic carbocycles. The van der Waals surface area contributed by atoms with Crippen molar-refractivity contribution in [2.45, 2.75) is 26.3 Å². The molecule has 0 bridgehead atoms. The first kappa shape index (κ1) is 11.3. The van der Waals surface area contributed by atoms with E-state index in [9.17, 15) is 0 Å². The van der Waals surface area contributed by atoms with Crippen molar-refractivity contribution in [3.63, 3.8) is 0 Å². The number of hydrogen-bond donors (Lipinski definition) is 1. The number of thiocarbonyl (C=S) groups is 1. The van der Waals surface area contributed by atoms with Gasteiger partial charge in [-0.25, -0.2) is 0 Å². The number of rotatable bonds is 1. The van der Waals surface area contributed by atoms with Gasteiger partial charge in [0.25, 0.3) is 0 Å². The van der Waals surface area contributed by atoms with Gasteiger partial charge in [-0.15, -0.1) is 10.2 Å². The van der Waals surface area contributed by atoms with E-state index in [1.807, 2.05) is 18.2 Å². The van der Waals surface area contributed by atoms with Crippen LogP contribution in [0.5, 0.6) is 0 Å². The summed E-state index contributed by atoms with van der Waals surface area (Å²) in [4.78, 5) is 0.769. The van der Waals surface area contributed by atoms with Gasteiger partial charge in [0.05, 0.1) is 12.2 Å². The Morgan fingerprint density at radius 3 is 2.83 bits per heavy atom. The van der Waals surface area contributed by atoms with Gasteiger partial charge in [-0.3, -0.25) is 4.57 Å². The zero-order valence-electron chi connectivity index (χ0n) is 10.3. The van der Waals surface area contributed by atoms with Gasteiger partial charge in [-0.05, 0) is 12.1 Å². The predicted molar refractivity (Wildman–Crippen MR) is 74.0 cm³/mol. The number of para-hydroxylation sites is 1. The first-order valence-corrected chi connectivity index (χ1v) is 6.41. The average molecular weight is 258 g/mol. The molecular formula is C13H14N4S. The molecule has 0 radical (unpaired) electrons. The lowest BCUT2D eigenvalue weighted by Gasteiger charge is -2.12. The smallest absolute Gasteiger partial charge is 0.157 e. The molecule has 0 unspecified atom stereocenters. The summed E-state index contributed by atoms with van der Waals surface area (Å²) in [7, 11) is 0. The van der Waals surface area contributed by atoms with Crippen LogP contribution in [0.1, 0.15) is 37.0 Å². The van der Waals surface area contributed by atoms with Crippen molar-refractivity contribution in [3.05, 3.63) is 41.5 Å². The molecule has 4 nitrogen and oxygen atoms in total. The van der Waals surface area contributed by atoms with Crippen LogP contribution in [0.3, 0.4) is 0 Å². The third kappa shape index (κ3) is 1.62. The summed E-state index contributed by atoms with van der Waals surface area (Å²) in [5.74, 6) is 2.21. The largest absolute Gasteiger partial charge is 0.368 e. The molecule has 0 saturated heterocycles. The second kappa shape index (κ2) is 4.17. The van der Waals surface area contributed by atoms with Crippen LogP contribution < -0.4 is 5.32 Å². The number of nitrogens with one attached hydrogen (secondary N) is 1. The Bertz CT molecular complexity index is 615. The zero-order valence-corrected chi connectivity index (χ0v) is 11.2.